The first-order valence-corrected chi connectivity index (χ1v) is 6.55. The zero-order valence-corrected chi connectivity index (χ0v) is 11.7. The van der Waals surface area contributed by atoms with Crippen LogP contribution in [0, 0.1) is 5.82 Å². The summed E-state index contributed by atoms with van der Waals surface area (Å²) in [6, 6.07) is 15.4. The molecule has 1 N–H and O–H groups in total. The Bertz CT molecular complexity index is 621. The molecule has 0 heterocycles. The molecular formula is C17H16FNO2. The number of carbonyl (C=O) groups is 1. The van der Waals surface area contributed by atoms with Gasteiger partial charge in [0.2, 0.25) is 0 Å². The molecule has 0 fully saturated rings. The van der Waals surface area contributed by atoms with Crippen molar-refractivity contribution in [3.63, 3.8) is 0 Å². The molecule has 0 aromatic heterocycles. The van der Waals surface area contributed by atoms with E-state index in [1.807, 2.05) is 30.3 Å². The van der Waals surface area contributed by atoms with Crippen molar-refractivity contribution in [2.75, 3.05) is 5.32 Å². The third-order valence-electron chi connectivity index (χ3n) is 2.74. The lowest BCUT2D eigenvalue weighted by molar-refractivity contribution is -0.139. The molecule has 21 heavy (non-hydrogen) atoms. The Kier molecular flexibility index (Phi) is 5.10. The topological polar surface area (TPSA) is 38.3 Å². The molecule has 2 aromatic carbocycles. The van der Waals surface area contributed by atoms with Crippen molar-refractivity contribution in [1.82, 2.24) is 0 Å². The lowest BCUT2D eigenvalue weighted by Gasteiger charge is -2.07. The van der Waals surface area contributed by atoms with E-state index in [0.717, 1.165) is 5.56 Å². The number of halogens is 1. The zero-order chi connectivity index (χ0) is 15.1. The number of rotatable bonds is 5. The molecule has 0 aliphatic heterocycles. The first kappa shape index (κ1) is 14.8. The van der Waals surface area contributed by atoms with E-state index in [1.54, 1.807) is 19.1 Å². The largest absolute Gasteiger partial charge is 0.458 e. The van der Waals surface area contributed by atoms with Crippen LogP contribution < -0.4 is 5.32 Å². The zero-order valence-electron chi connectivity index (χ0n) is 11.7. The van der Waals surface area contributed by atoms with Crippen LogP contribution in [-0.4, -0.2) is 5.97 Å². The normalized spacial score (nSPS) is 11.0. The Hall–Kier alpha value is -2.62. The first-order valence-electron chi connectivity index (χ1n) is 6.55. The lowest BCUT2D eigenvalue weighted by atomic mass is 10.2. The summed E-state index contributed by atoms with van der Waals surface area (Å²) in [6.07, 6.45) is 1.37. The predicted molar refractivity (Wildman–Crippen MR) is 80.0 cm³/mol. The highest BCUT2D eigenvalue weighted by Crippen LogP contribution is 2.11. The Morgan fingerprint density at radius 1 is 1.14 bits per heavy atom. The molecule has 0 aliphatic carbocycles. The number of anilines is 1. The van der Waals surface area contributed by atoms with Crippen molar-refractivity contribution in [1.29, 1.82) is 0 Å². The molecule has 2 rings (SSSR count). The third kappa shape index (κ3) is 5.10. The molecule has 0 spiro atoms. The van der Waals surface area contributed by atoms with Crippen molar-refractivity contribution in [2.45, 2.75) is 13.5 Å². The average Bonchev–Trinajstić information content (AvgIpc) is 2.48. The van der Waals surface area contributed by atoms with Gasteiger partial charge in [-0.3, -0.25) is 0 Å². The highest BCUT2D eigenvalue weighted by atomic mass is 19.1. The molecule has 0 unspecified atom stereocenters. The fourth-order valence-electron chi connectivity index (χ4n) is 1.74. The molecule has 0 bridgehead atoms. The van der Waals surface area contributed by atoms with Crippen LogP contribution in [0.25, 0.3) is 0 Å². The summed E-state index contributed by atoms with van der Waals surface area (Å²) in [6.45, 7) is 1.98. The molecular weight excluding hydrogens is 269 g/mol. The van der Waals surface area contributed by atoms with Gasteiger partial charge in [-0.25, -0.2) is 9.18 Å². The van der Waals surface area contributed by atoms with Crippen LogP contribution in [-0.2, 0) is 16.1 Å². The summed E-state index contributed by atoms with van der Waals surface area (Å²) >= 11 is 0. The summed E-state index contributed by atoms with van der Waals surface area (Å²) in [5.74, 6) is -0.726. The summed E-state index contributed by atoms with van der Waals surface area (Å²) in [7, 11) is 0. The van der Waals surface area contributed by atoms with Crippen molar-refractivity contribution in [3.8, 4) is 0 Å². The molecule has 4 heteroatoms. The van der Waals surface area contributed by atoms with E-state index in [4.69, 9.17) is 4.74 Å². The van der Waals surface area contributed by atoms with Gasteiger partial charge in [-0.2, -0.15) is 0 Å². The van der Waals surface area contributed by atoms with Crippen LogP contribution in [0.5, 0.6) is 0 Å². The summed E-state index contributed by atoms with van der Waals surface area (Å²) in [4.78, 5) is 11.7. The monoisotopic (exact) mass is 285 g/mol. The maximum atomic E-state index is 12.8. The van der Waals surface area contributed by atoms with E-state index in [9.17, 15) is 9.18 Å². The van der Waals surface area contributed by atoms with Crippen molar-refractivity contribution < 1.29 is 13.9 Å². The fraction of sp³-hybridized carbons (Fsp3) is 0.118. The third-order valence-corrected chi connectivity index (χ3v) is 2.74. The van der Waals surface area contributed by atoms with Crippen LogP contribution in [0.15, 0.2) is 66.4 Å². The molecule has 2 aromatic rings. The quantitative estimate of drug-likeness (QED) is 0.669. The smallest absolute Gasteiger partial charge is 0.332 e. The number of allylic oxidation sites excluding steroid dienone is 1. The van der Waals surface area contributed by atoms with Gasteiger partial charge < -0.3 is 10.1 Å². The maximum Gasteiger partial charge on any atom is 0.332 e. The van der Waals surface area contributed by atoms with Crippen molar-refractivity contribution in [2.24, 2.45) is 0 Å². The highest BCUT2D eigenvalue weighted by Gasteiger charge is 2.01. The number of carbonyl (C=O) groups excluding carboxylic acids is 1. The number of esters is 1. The molecule has 0 radical (unpaired) electrons. The maximum absolute atomic E-state index is 12.8. The highest BCUT2D eigenvalue weighted by molar-refractivity contribution is 5.83. The van der Waals surface area contributed by atoms with Crippen molar-refractivity contribution in [3.05, 3.63) is 77.8 Å². The van der Waals surface area contributed by atoms with E-state index >= 15 is 0 Å². The van der Waals surface area contributed by atoms with E-state index in [2.05, 4.69) is 5.32 Å². The number of nitrogens with one attached hydrogen (secondary N) is 1. The minimum atomic E-state index is -0.425. The first-order chi connectivity index (χ1) is 10.1. The van der Waals surface area contributed by atoms with Crippen LogP contribution in [0.1, 0.15) is 12.5 Å². The SMILES string of the molecule is C/C(=C/C(=O)OCc1ccccc1)Nc1ccc(F)cc1. The molecule has 3 nitrogen and oxygen atoms in total. The van der Waals surface area contributed by atoms with E-state index in [1.165, 1.54) is 18.2 Å². The Morgan fingerprint density at radius 2 is 1.81 bits per heavy atom. The van der Waals surface area contributed by atoms with Gasteiger partial charge in [0.1, 0.15) is 12.4 Å². The van der Waals surface area contributed by atoms with Gasteiger partial charge in [0.25, 0.3) is 0 Å². The predicted octanol–water partition coefficient (Wildman–Crippen LogP) is 3.88. The molecule has 0 amide bonds. The van der Waals surface area contributed by atoms with Crippen LogP contribution >= 0.6 is 0 Å². The average molecular weight is 285 g/mol. The van der Waals surface area contributed by atoms with Gasteiger partial charge in [-0.05, 0) is 36.8 Å². The molecule has 0 saturated heterocycles. The molecule has 0 saturated carbocycles. The van der Waals surface area contributed by atoms with Crippen LogP contribution in [0.2, 0.25) is 0 Å². The van der Waals surface area contributed by atoms with Gasteiger partial charge in [-0.15, -0.1) is 0 Å². The Morgan fingerprint density at radius 3 is 2.48 bits per heavy atom. The lowest BCUT2D eigenvalue weighted by Crippen LogP contribution is -2.04. The number of ether oxygens (including phenoxy) is 1. The second kappa shape index (κ2) is 7.24. The van der Waals surface area contributed by atoms with Crippen molar-refractivity contribution >= 4 is 11.7 Å². The molecule has 108 valence electrons. The van der Waals surface area contributed by atoms with Crippen LogP contribution in [0.4, 0.5) is 10.1 Å². The number of hydrogen-bond acceptors (Lipinski definition) is 3. The summed E-state index contributed by atoms with van der Waals surface area (Å²) in [5, 5.41) is 2.99. The van der Waals surface area contributed by atoms with Gasteiger partial charge in [0, 0.05) is 17.5 Å². The van der Waals surface area contributed by atoms with Gasteiger partial charge in [0.05, 0.1) is 0 Å². The number of benzene rings is 2. The van der Waals surface area contributed by atoms with Crippen LogP contribution in [0.3, 0.4) is 0 Å². The summed E-state index contributed by atoms with van der Waals surface area (Å²) < 4.78 is 17.9. The van der Waals surface area contributed by atoms with Gasteiger partial charge in [-0.1, -0.05) is 30.3 Å². The molecule has 0 aliphatic rings. The fourth-order valence-corrected chi connectivity index (χ4v) is 1.74. The second-order valence-electron chi connectivity index (χ2n) is 4.55. The second-order valence-corrected chi connectivity index (χ2v) is 4.55. The van der Waals surface area contributed by atoms with E-state index in [-0.39, 0.29) is 12.4 Å². The van der Waals surface area contributed by atoms with Gasteiger partial charge >= 0.3 is 5.97 Å². The Labute approximate surface area is 123 Å². The Balaban J connectivity index is 1.86. The minimum absolute atomic E-state index is 0.236. The van der Waals surface area contributed by atoms with Gasteiger partial charge in [0.15, 0.2) is 0 Å². The number of hydrogen-bond donors (Lipinski definition) is 1. The van der Waals surface area contributed by atoms with E-state index in [0.29, 0.717) is 11.4 Å². The standard InChI is InChI=1S/C17H16FNO2/c1-13(19-16-9-7-15(18)8-10-16)11-17(20)21-12-14-5-3-2-4-6-14/h2-11,19H,12H2,1H3/b13-11-. The van der Waals surface area contributed by atoms with E-state index < -0.39 is 5.97 Å². The minimum Gasteiger partial charge on any atom is -0.458 e. The molecule has 0 atom stereocenters. The summed E-state index contributed by atoms with van der Waals surface area (Å²) in [5.41, 5.74) is 2.27.